The zero-order valence-electron chi connectivity index (χ0n) is 10.5. The summed E-state index contributed by atoms with van der Waals surface area (Å²) in [7, 11) is 0. The van der Waals surface area contributed by atoms with Crippen LogP contribution in [0.1, 0.15) is 18.5 Å². The van der Waals surface area contributed by atoms with Crippen LogP contribution >= 0.6 is 0 Å². The van der Waals surface area contributed by atoms with Gasteiger partial charge in [-0.1, -0.05) is 0 Å². The van der Waals surface area contributed by atoms with E-state index in [-0.39, 0.29) is 0 Å². The Morgan fingerprint density at radius 1 is 1.10 bits per heavy atom. The largest absolute Gasteiger partial charge is 0.454 e. The van der Waals surface area contributed by atoms with Crippen LogP contribution < -0.4 is 10.1 Å². The third-order valence-electron chi connectivity index (χ3n) is 2.66. The molecule has 2 rings (SSSR count). The van der Waals surface area contributed by atoms with Gasteiger partial charge in [-0.25, -0.2) is 4.98 Å². The molecule has 118 valence electrons. The molecule has 0 unspecified atom stereocenters. The molecular weight excluding hydrogens is 304 g/mol. The monoisotopic (exact) mass is 315 g/mol. The van der Waals surface area contributed by atoms with Gasteiger partial charge in [-0.3, -0.25) is 4.98 Å². The van der Waals surface area contributed by atoms with Gasteiger partial charge in [-0.15, -0.1) is 0 Å². The molecule has 1 aliphatic carbocycles. The number of halogens is 6. The zero-order chi connectivity index (χ0) is 15.7. The molecule has 0 radical (unpaired) electrons. The summed E-state index contributed by atoms with van der Waals surface area (Å²) >= 11 is 0. The van der Waals surface area contributed by atoms with Gasteiger partial charge in [0.25, 0.3) is 6.10 Å². The van der Waals surface area contributed by atoms with Gasteiger partial charge in [-0.2, -0.15) is 26.3 Å². The molecule has 21 heavy (non-hydrogen) atoms. The topological polar surface area (TPSA) is 47.0 Å². The second kappa shape index (κ2) is 5.66. The van der Waals surface area contributed by atoms with Crippen LogP contribution in [0, 0.1) is 0 Å². The molecule has 4 nitrogen and oxygen atoms in total. The predicted molar refractivity (Wildman–Crippen MR) is 58.4 cm³/mol. The van der Waals surface area contributed by atoms with E-state index in [1.807, 2.05) is 0 Å². The molecule has 1 aliphatic rings. The number of hydrogen-bond acceptors (Lipinski definition) is 4. The summed E-state index contributed by atoms with van der Waals surface area (Å²) in [5, 5.41) is 3.08. The molecule has 0 amide bonds. The third-order valence-corrected chi connectivity index (χ3v) is 2.66. The first kappa shape index (κ1) is 15.8. The lowest BCUT2D eigenvalue weighted by Gasteiger charge is -2.23. The van der Waals surface area contributed by atoms with Gasteiger partial charge in [0.15, 0.2) is 0 Å². The van der Waals surface area contributed by atoms with Crippen molar-refractivity contribution in [3.05, 3.63) is 18.1 Å². The number of nitrogens with one attached hydrogen (secondary N) is 1. The average molecular weight is 315 g/mol. The van der Waals surface area contributed by atoms with Crippen molar-refractivity contribution >= 4 is 0 Å². The van der Waals surface area contributed by atoms with E-state index in [1.54, 1.807) is 0 Å². The van der Waals surface area contributed by atoms with Gasteiger partial charge in [0.1, 0.15) is 0 Å². The number of aromatic nitrogens is 2. The average Bonchev–Trinajstić information content (AvgIpc) is 3.16. The van der Waals surface area contributed by atoms with E-state index in [4.69, 9.17) is 0 Å². The van der Waals surface area contributed by atoms with Crippen LogP contribution in [0.2, 0.25) is 0 Å². The zero-order valence-corrected chi connectivity index (χ0v) is 10.5. The second-order valence-corrected chi connectivity index (χ2v) is 4.58. The Morgan fingerprint density at radius 3 is 2.14 bits per heavy atom. The molecule has 0 spiro atoms. The highest BCUT2D eigenvalue weighted by atomic mass is 19.4. The standard InChI is InChI=1S/C11H11F6N3O/c12-10(13,14)9(11(15,16)17)21-8-5-19-7(4-20-8)3-18-6-1-2-6/h4-6,9,18H,1-3H2. The Kier molecular flexibility index (Phi) is 4.26. The Balaban J connectivity index is 1.99. The van der Waals surface area contributed by atoms with Crippen molar-refractivity contribution in [1.82, 2.24) is 15.3 Å². The van der Waals surface area contributed by atoms with Crippen LogP contribution in [-0.4, -0.2) is 34.5 Å². The van der Waals surface area contributed by atoms with Gasteiger partial charge in [0, 0.05) is 12.6 Å². The van der Waals surface area contributed by atoms with E-state index in [2.05, 4.69) is 20.0 Å². The molecule has 10 heteroatoms. The van der Waals surface area contributed by atoms with E-state index >= 15 is 0 Å². The highest BCUT2D eigenvalue weighted by Crippen LogP contribution is 2.35. The van der Waals surface area contributed by atoms with Crippen LogP contribution in [0.5, 0.6) is 5.88 Å². The van der Waals surface area contributed by atoms with Crippen molar-refractivity contribution in [1.29, 1.82) is 0 Å². The lowest BCUT2D eigenvalue weighted by Crippen LogP contribution is -2.46. The van der Waals surface area contributed by atoms with E-state index in [1.165, 1.54) is 0 Å². The first-order chi connectivity index (χ1) is 9.66. The van der Waals surface area contributed by atoms with Crippen molar-refractivity contribution in [2.45, 2.75) is 43.9 Å². The summed E-state index contributed by atoms with van der Waals surface area (Å²) in [6.45, 7) is 0.347. The molecule has 1 N–H and O–H groups in total. The Morgan fingerprint density at radius 2 is 1.71 bits per heavy atom. The molecule has 1 fully saturated rings. The molecule has 1 aromatic heterocycles. The van der Waals surface area contributed by atoms with Crippen LogP contribution in [0.25, 0.3) is 0 Å². The van der Waals surface area contributed by atoms with Crippen molar-refractivity contribution in [3.63, 3.8) is 0 Å². The lowest BCUT2D eigenvalue weighted by molar-refractivity contribution is -0.300. The molecule has 0 atom stereocenters. The summed E-state index contributed by atoms with van der Waals surface area (Å²) < 4.78 is 77.7. The van der Waals surface area contributed by atoms with Crippen LogP contribution in [0.4, 0.5) is 26.3 Å². The summed E-state index contributed by atoms with van der Waals surface area (Å²) in [6.07, 6.45) is -11.2. The second-order valence-electron chi connectivity index (χ2n) is 4.58. The fourth-order valence-electron chi connectivity index (χ4n) is 1.47. The summed E-state index contributed by atoms with van der Waals surface area (Å²) in [5.74, 6) is -0.829. The molecular formula is C11H11F6N3O. The number of hydrogen-bond donors (Lipinski definition) is 1. The van der Waals surface area contributed by atoms with Gasteiger partial charge >= 0.3 is 12.4 Å². The first-order valence-electron chi connectivity index (χ1n) is 6.00. The summed E-state index contributed by atoms with van der Waals surface area (Å²) in [6, 6.07) is 0.391. The molecule has 1 aromatic rings. The number of ether oxygens (including phenoxy) is 1. The molecule has 0 aliphatic heterocycles. The molecule has 1 saturated carbocycles. The molecule has 0 saturated heterocycles. The fraction of sp³-hybridized carbons (Fsp3) is 0.636. The quantitative estimate of drug-likeness (QED) is 0.849. The van der Waals surface area contributed by atoms with Crippen molar-refractivity contribution in [2.24, 2.45) is 0 Å². The van der Waals surface area contributed by atoms with Gasteiger partial charge in [0.2, 0.25) is 5.88 Å². The minimum absolute atomic E-state index is 0.347. The smallest absolute Gasteiger partial charge is 0.434 e. The van der Waals surface area contributed by atoms with Crippen molar-refractivity contribution in [3.8, 4) is 5.88 Å². The predicted octanol–water partition coefficient (Wildman–Crippen LogP) is 2.60. The fourth-order valence-corrected chi connectivity index (χ4v) is 1.47. The summed E-state index contributed by atoms with van der Waals surface area (Å²) in [5.41, 5.74) is 0.407. The highest BCUT2D eigenvalue weighted by molar-refractivity contribution is 5.08. The molecule has 1 heterocycles. The van der Waals surface area contributed by atoms with Crippen molar-refractivity contribution < 1.29 is 31.1 Å². The molecule has 0 bridgehead atoms. The lowest BCUT2D eigenvalue weighted by atomic mass is 10.3. The Bertz CT molecular complexity index is 454. The van der Waals surface area contributed by atoms with Gasteiger partial charge < -0.3 is 10.1 Å². The number of rotatable bonds is 5. The maximum atomic E-state index is 12.3. The van der Waals surface area contributed by atoms with Gasteiger partial charge in [-0.05, 0) is 12.8 Å². The summed E-state index contributed by atoms with van der Waals surface area (Å²) in [4.78, 5) is 7.13. The SMILES string of the molecule is FC(F)(F)C(Oc1cnc(CNC2CC2)cn1)C(F)(F)F. The van der Waals surface area contributed by atoms with E-state index in [9.17, 15) is 26.3 Å². The van der Waals surface area contributed by atoms with Gasteiger partial charge in [0.05, 0.1) is 18.1 Å². The van der Waals surface area contributed by atoms with E-state index < -0.39 is 24.3 Å². The van der Waals surface area contributed by atoms with Crippen molar-refractivity contribution in [2.75, 3.05) is 0 Å². The number of nitrogens with zero attached hydrogens (tertiary/aromatic N) is 2. The minimum atomic E-state index is -5.58. The highest BCUT2D eigenvalue weighted by Gasteiger charge is 2.59. The maximum absolute atomic E-state index is 12.3. The van der Waals surface area contributed by atoms with Crippen LogP contribution in [0.15, 0.2) is 12.4 Å². The molecule has 0 aromatic carbocycles. The Labute approximate surface area is 115 Å². The Hall–Kier alpha value is -1.58. The normalized spacial score (nSPS) is 16.3. The van der Waals surface area contributed by atoms with Crippen LogP contribution in [-0.2, 0) is 6.54 Å². The van der Waals surface area contributed by atoms with E-state index in [0.29, 0.717) is 18.3 Å². The van der Waals surface area contributed by atoms with Crippen LogP contribution in [0.3, 0.4) is 0 Å². The maximum Gasteiger partial charge on any atom is 0.434 e. The first-order valence-corrected chi connectivity index (χ1v) is 6.00. The van der Waals surface area contributed by atoms with E-state index in [0.717, 1.165) is 25.2 Å². The number of alkyl halides is 6. The minimum Gasteiger partial charge on any atom is -0.454 e. The third kappa shape index (κ3) is 4.73.